The molecule has 0 aliphatic rings. The Kier molecular flexibility index (Phi) is 5.30. The molecule has 1 amide bonds. The van der Waals surface area contributed by atoms with Crippen LogP contribution >= 0.6 is 0 Å². The fourth-order valence-corrected chi connectivity index (χ4v) is 1.72. The molecule has 3 N–H and O–H groups in total. The Hall–Kier alpha value is -1.62. The molecule has 1 unspecified atom stereocenters. The predicted octanol–water partition coefficient (Wildman–Crippen LogP) is 1.13. The quantitative estimate of drug-likeness (QED) is 0.837. The Morgan fingerprint density at radius 2 is 2.11 bits per heavy atom. The summed E-state index contributed by atoms with van der Waals surface area (Å²) < 4.78 is 0. The van der Waals surface area contributed by atoms with Crippen LogP contribution in [0.1, 0.15) is 36.3 Å². The zero-order valence-corrected chi connectivity index (χ0v) is 12.1. The molecule has 5 heteroatoms. The van der Waals surface area contributed by atoms with E-state index in [9.17, 15) is 9.59 Å². The Morgan fingerprint density at radius 1 is 1.47 bits per heavy atom. The van der Waals surface area contributed by atoms with Gasteiger partial charge in [0.1, 0.15) is 5.56 Å². The second-order valence-corrected chi connectivity index (χ2v) is 5.32. The van der Waals surface area contributed by atoms with Gasteiger partial charge in [0.15, 0.2) is 5.43 Å². The van der Waals surface area contributed by atoms with Crippen molar-refractivity contribution in [3.05, 3.63) is 33.7 Å². The Bertz CT molecular complexity index is 494. The highest BCUT2D eigenvalue weighted by atomic mass is 16.2. The van der Waals surface area contributed by atoms with Crippen molar-refractivity contribution in [3.8, 4) is 0 Å². The fourth-order valence-electron chi connectivity index (χ4n) is 1.72. The van der Waals surface area contributed by atoms with Crippen molar-refractivity contribution >= 4 is 5.91 Å². The van der Waals surface area contributed by atoms with Gasteiger partial charge in [-0.2, -0.15) is 0 Å². The largest absolute Gasteiger partial charge is 0.364 e. The summed E-state index contributed by atoms with van der Waals surface area (Å²) in [6.45, 7) is 6.43. The monoisotopic (exact) mass is 265 g/mol. The molecule has 0 saturated heterocycles. The molecule has 0 bridgehead atoms. The van der Waals surface area contributed by atoms with Gasteiger partial charge in [0.25, 0.3) is 5.91 Å². The highest BCUT2D eigenvalue weighted by molar-refractivity contribution is 5.93. The van der Waals surface area contributed by atoms with Crippen LogP contribution in [0.15, 0.2) is 17.1 Å². The van der Waals surface area contributed by atoms with E-state index in [4.69, 9.17) is 5.73 Å². The lowest BCUT2D eigenvalue weighted by molar-refractivity contribution is 0.0787. The van der Waals surface area contributed by atoms with Crippen molar-refractivity contribution in [2.45, 2.75) is 33.2 Å². The first-order valence-corrected chi connectivity index (χ1v) is 6.53. The molecule has 1 atom stereocenters. The minimum absolute atomic E-state index is 0.0616. The summed E-state index contributed by atoms with van der Waals surface area (Å²) in [6, 6.07) is 1.49. The second kappa shape index (κ2) is 6.52. The molecule has 0 aliphatic heterocycles. The van der Waals surface area contributed by atoms with Gasteiger partial charge in [0.2, 0.25) is 0 Å². The number of aromatic amines is 1. The molecule has 5 nitrogen and oxygen atoms in total. The zero-order valence-electron chi connectivity index (χ0n) is 12.1. The van der Waals surface area contributed by atoms with E-state index in [0.717, 1.165) is 12.1 Å². The first-order valence-electron chi connectivity index (χ1n) is 6.53. The molecule has 1 heterocycles. The van der Waals surface area contributed by atoms with E-state index >= 15 is 0 Å². The van der Waals surface area contributed by atoms with E-state index in [2.05, 4.69) is 18.8 Å². The molecule has 0 radical (unpaired) electrons. The van der Waals surface area contributed by atoms with Crippen LogP contribution < -0.4 is 11.2 Å². The number of aromatic nitrogens is 1. The summed E-state index contributed by atoms with van der Waals surface area (Å²) in [5.41, 5.74) is 6.61. The molecule has 1 aromatic rings. The van der Waals surface area contributed by atoms with E-state index in [-0.39, 0.29) is 22.9 Å². The second-order valence-electron chi connectivity index (χ2n) is 5.32. The van der Waals surface area contributed by atoms with Gasteiger partial charge in [-0.3, -0.25) is 9.59 Å². The van der Waals surface area contributed by atoms with Crippen molar-refractivity contribution in [2.24, 2.45) is 11.7 Å². The predicted molar refractivity (Wildman–Crippen MR) is 76.2 cm³/mol. The van der Waals surface area contributed by atoms with Crippen LogP contribution in [0.25, 0.3) is 0 Å². The summed E-state index contributed by atoms with van der Waals surface area (Å²) in [4.78, 5) is 28.3. The van der Waals surface area contributed by atoms with E-state index in [0.29, 0.717) is 12.5 Å². The summed E-state index contributed by atoms with van der Waals surface area (Å²) in [5.74, 6) is 0.114. The van der Waals surface area contributed by atoms with Gasteiger partial charge >= 0.3 is 0 Å². The molecule has 0 fully saturated rings. The Labute approximate surface area is 113 Å². The number of nitrogens with one attached hydrogen (secondary N) is 1. The lowest BCUT2D eigenvalue weighted by Crippen LogP contribution is -2.36. The van der Waals surface area contributed by atoms with Crippen molar-refractivity contribution in [2.75, 3.05) is 13.6 Å². The maximum absolute atomic E-state index is 12.1. The van der Waals surface area contributed by atoms with Crippen LogP contribution in [0.5, 0.6) is 0 Å². The van der Waals surface area contributed by atoms with Gasteiger partial charge in [-0.05, 0) is 19.3 Å². The molecular formula is C14H23N3O2. The molecule has 0 aromatic carbocycles. The van der Waals surface area contributed by atoms with Gasteiger partial charge in [0.05, 0.1) is 0 Å². The first-order chi connectivity index (χ1) is 8.82. The molecule has 1 aromatic heterocycles. The third-order valence-corrected chi connectivity index (χ3v) is 3.29. The smallest absolute Gasteiger partial charge is 0.259 e. The summed E-state index contributed by atoms with van der Waals surface area (Å²) >= 11 is 0. The van der Waals surface area contributed by atoms with Gasteiger partial charge in [0, 0.05) is 37.6 Å². The third-order valence-electron chi connectivity index (χ3n) is 3.29. The standard InChI is InChI=1S/C14H23N3O2/c1-9(2)12(15)5-6-17(4)14(19)11-8-16-10(3)7-13(11)18/h7-9,12H,5-6,15H2,1-4H3,(H,16,18). The van der Waals surface area contributed by atoms with Crippen LogP contribution in [0.2, 0.25) is 0 Å². The molecule has 0 spiro atoms. The van der Waals surface area contributed by atoms with Crippen molar-refractivity contribution in [3.63, 3.8) is 0 Å². The maximum Gasteiger partial charge on any atom is 0.259 e. The minimum Gasteiger partial charge on any atom is -0.364 e. The number of hydrogen-bond acceptors (Lipinski definition) is 3. The summed E-state index contributed by atoms with van der Waals surface area (Å²) in [7, 11) is 1.69. The van der Waals surface area contributed by atoms with Crippen LogP contribution in [0.4, 0.5) is 0 Å². The first kappa shape index (κ1) is 15.4. The van der Waals surface area contributed by atoms with E-state index < -0.39 is 0 Å². The number of carbonyl (C=O) groups excluding carboxylic acids is 1. The molecule has 0 saturated carbocycles. The van der Waals surface area contributed by atoms with Crippen molar-refractivity contribution < 1.29 is 4.79 Å². The number of aryl methyl sites for hydroxylation is 1. The average molecular weight is 265 g/mol. The highest BCUT2D eigenvalue weighted by Gasteiger charge is 2.16. The number of carbonyl (C=O) groups is 1. The van der Waals surface area contributed by atoms with E-state index in [1.54, 1.807) is 18.9 Å². The summed E-state index contributed by atoms with van der Waals surface area (Å²) in [5, 5.41) is 0. The molecule has 1 rings (SSSR count). The fraction of sp³-hybridized carbons (Fsp3) is 0.571. The normalized spacial score (nSPS) is 12.5. The van der Waals surface area contributed by atoms with Gasteiger partial charge < -0.3 is 15.6 Å². The van der Waals surface area contributed by atoms with Crippen LogP contribution in [-0.4, -0.2) is 35.4 Å². The maximum atomic E-state index is 12.1. The number of nitrogens with zero attached hydrogens (tertiary/aromatic N) is 1. The molecular weight excluding hydrogens is 242 g/mol. The topological polar surface area (TPSA) is 79.2 Å². The number of H-pyrrole nitrogens is 1. The van der Waals surface area contributed by atoms with Crippen LogP contribution in [0.3, 0.4) is 0 Å². The summed E-state index contributed by atoms with van der Waals surface area (Å²) in [6.07, 6.45) is 2.20. The number of pyridine rings is 1. The average Bonchev–Trinajstić information content (AvgIpc) is 2.34. The molecule has 19 heavy (non-hydrogen) atoms. The number of amides is 1. The highest BCUT2D eigenvalue weighted by Crippen LogP contribution is 2.05. The lowest BCUT2D eigenvalue weighted by Gasteiger charge is -2.21. The number of nitrogens with two attached hydrogens (primary N) is 1. The zero-order chi connectivity index (χ0) is 14.6. The van der Waals surface area contributed by atoms with Crippen molar-refractivity contribution in [1.29, 1.82) is 0 Å². The van der Waals surface area contributed by atoms with E-state index in [1.807, 2.05) is 0 Å². The van der Waals surface area contributed by atoms with Crippen LogP contribution in [0, 0.1) is 12.8 Å². The number of rotatable bonds is 5. The molecule has 0 aliphatic carbocycles. The van der Waals surface area contributed by atoms with Crippen molar-refractivity contribution in [1.82, 2.24) is 9.88 Å². The minimum atomic E-state index is -0.266. The van der Waals surface area contributed by atoms with Gasteiger partial charge in [-0.1, -0.05) is 13.8 Å². The SMILES string of the molecule is Cc1cc(=O)c(C(=O)N(C)CCC(N)C(C)C)c[nH]1. The van der Waals surface area contributed by atoms with Gasteiger partial charge in [-0.15, -0.1) is 0 Å². The molecule has 106 valence electrons. The Balaban J connectivity index is 2.69. The number of hydrogen-bond donors (Lipinski definition) is 2. The van der Waals surface area contributed by atoms with E-state index in [1.165, 1.54) is 12.3 Å². The third kappa shape index (κ3) is 4.21. The van der Waals surface area contributed by atoms with Gasteiger partial charge in [-0.25, -0.2) is 0 Å². The van der Waals surface area contributed by atoms with Crippen LogP contribution in [-0.2, 0) is 0 Å². The lowest BCUT2D eigenvalue weighted by atomic mass is 10.0. The Morgan fingerprint density at radius 3 is 2.63 bits per heavy atom.